The molecule has 0 unspecified atom stereocenters. The van der Waals surface area contributed by atoms with Crippen LogP contribution in [0, 0.1) is 0 Å². The molecule has 14 heavy (non-hydrogen) atoms. The Morgan fingerprint density at radius 1 is 1.43 bits per heavy atom. The number of carbonyl (C=O) groups is 2. The Labute approximate surface area is 82.9 Å². The molecule has 2 amide bonds. The van der Waals surface area contributed by atoms with Crippen molar-refractivity contribution in [2.45, 2.75) is 44.7 Å². The van der Waals surface area contributed by atoms with Gasteiger partial charge < -0.3 is 15.7 Å². The summed E-state index contributed by atoms with van der Waals surface area (Å²) in [5.41, 5.74) is -0.704. The Balaban J connectivity index is 2.31. The Hall–Kier alpha value is -1.26. The second-order valence-electron chi connectivity index (χ2n) is 4.33. The van der Waals surface area contributed by atoms with E-state index in [1.54, 1.807) is 13.8 Å². The molecule has 1 saturated carbocycles. The fourth-order valence-corrected chi connectivity index (χ4v) is 1.18. The summed E-state index contributed by atoms with van der Waals surface area (Å²) in [6, 6.07) is 0.00868. The van der Waals surface area contributed by atoms with Crippen molar-refractivity contribution < 1.29 is 14.7 Å². The third-order valence-corrected chi connectivity index (χ3v) is 1.96. The van der Waals surface area contributed by atoms with Crippen LogP contribution in [0.15, 0.2) is 0 Å². The molecule has 5 heteroatoms. The SMILES string of the molecule is CC(C)(CC(=O)O)NC(=O)NC1CC1. The van der Waals surface area contributed by atoms with Crippen LogP contribution in [0.25, 0.3) is 0 Å². The van der Waals surface area contributed by atoms with Crippen LogP contribution in [-0.2, 0) is 4.79 Å². The predicted molar refractivity (Wildman–Crippen MR) is 51.0 cm³/mol. The van der Waals surface area contributed by atoms with Gasteiger partial charge in [-0.25, -0.2) is 4.79 Å². The van der Waals surface area contributed by atoms with Crippen LogP contribution in [0.5, 0.6) is 0 Å². The van der Waals surface area contributed by atoms with Gasteiger partial charge in [-0.2, -0.15) is 0 Å². The molecule has 1 fully saturated rings. The molecule has 0 spiro atoms. The average Bonchev–Trinajstić information content (AvgIpc) is 2.64. The summed E-state index contributed by atoms with van der Waals surface area (Å²) in [6.07, 6.45) is 1.96. The van der Waals surface area contributed by atoms with Crippen LogP contribution < -0.4 is 10.6 Å². The van der Waals surface area contributed by atoms with Crippen molar-refractivity contribution in [1.82, 2.24) is 10.6 Å². The molecular formula is C9H16N2O3. The minimum Gasteiger partial charge on any atom is -0.481 e. The first kappa shape index (κ1) is 10.8. The fourth-order valence-electron chi connectivity index (χ4n) is 1.18. The summed E-state index contributed by atoms with van der Waals surface area (Å²) in [4.78, 5) is 21.7. The Morgan fingerprint density at radius 2 is 2.00 bits per heavy atom. The maximum absolute atomic E-state index is 11.3. The molecule has 5 nitrogen and oxygen atoms in total. The molecule has 3 N–H and O–H groups in total. The predicted octanol–water partition coefficient (Wildman–Crippen LogP) is 0.701. The van der Waals surface area contributed by atoms with Crippen molar-refractivity contribution in [2.75, 3.05) is 0 Å². The van der Waals surface area contributed by atoms with E-state index in [4.69, 9.17) is 5.11 Å². The highest BCUT2D eigenvalue weighted by Crippen LogP contribution is 2.18. The second-order valence-corrected chi connectivity index (χ2v) is 4.33. The van der Waals surface area contributed by atoms with Gasteiger partial charge in [-0.3, -0.25) is 4.79 Å². The first-order chi connectivity index (χ1) is 6.39. The molecule has 0 aliphatic heterocycles. The molecule has 1 aliphatic carbocycles. The minimum absolute atomic E-state index is 0.0783. The van der Waals surface area contributed by atoms with Gasteiger partial charge in [-0.05, 0) is 26.7 Å². The monoisotopic (exact) mass is 200 g/mol. The topological polar surface area (TPSA) is 78.4 Å². The highest BCUT2D eigenvalue weighted by Gasteiger charge is 2.27. The lowest BCUT2D eigenvalue weighted by Crippen LogP contribution is -2.49. The summed E-state index contributed by atoms with van der Waals surface area (Å²) < 4.78 is 0. The summed E-state index contributed by atoms with van der Waals surface area (Å²) in [5, 5.41) is 14.0. The van der Waals surface area contributed by atoms with Crippen molar-refractivity contribution >= 4 is 12.0 Å². The molecule has 1 aliphatic rings. The van der Waals surface area contributed by atoms with Gasteiger partial charge in [-0.1, -0.05) is 0 Å². The second kappa shape index (κ2) is 3.86. The lowest BCUT2D eigenvalue weighted by Gasteiger charge is -2.24. The number of aliphatic carboxylic acids is 1. The maximum atomic E-state index is 11.3. The molecule has 0 heterocycles. The van der Waals surface area contributed by atoms with Gasteiger partial charge in [-0.15, -0.1) is 0 Å². The third-order valence-electron chi connectivity index (χ3n) is 1.96. The number of amides is 2. The Kier molecular flexibility index (Phi) is 2.98. The van der Waals surface area contributed by atoms with E-state index in [-0.39, 0.29) is 18.5 Å². The smallest absolute Gasteiger partial charge is 0.315 e. The van der Waals surface area contributed by atoms with E-state index in [0.29, 0.717) is 0 Å². The number of carboxylic acid groups (broad SMARTS) is 1. The van der Waals surface area contributed by atoms with Crippen molar-refractivity contribution in [2.24, 2.45) is 0 Å². The number of nitrogens with one attached hydrogen (secondary N) is 2. The van der Waals surface area contributed by atoms with Gasteiger partial charge in [0.15, 0.2) is 0 Å². The molecule has 0 aromatic heterocycles. The molecule has 0 radical (unpaired) electrons. The first-order valence-electron chi connectivity index (χ1n) is 4.69. The van der Waals surface area contributed by atoms with E-state index in [9.17, 15) is 9.59 Å². The van der Waals surface area contributed by atoms with Gasteiger partial charge >= 0.3 is 12.0 Å². The van der Waals surface area contributed by atoms with Crippen molar-refractivity contribution in [3.8, 4) is 0 Å². The highest BCUT2D eigenvalue weighted by molar-refractivity contribution is 5.77. The van der Waals surface area contributed by atoms with E-state index < -0.39 is 11.5 Å². The number of carbonyl (C=O) groups excluding carboxylic acids is 1. The lowest BCUT2D eigenvalue weighted by molar-refractivity contribution is -0.138. The van der Waals surface area contributed by atoms with E-state index >= 15 is 0 Å². The van der Waals surface area contributed by atoms with E-state index in [1.807, 2.05) is 0 Å². The number of hydrogen-bond acceptors (Lipinski definition) is 2. The Bertz CT molecular complexity index is 246. The summed E-state index contributed by atoms with van der Waals surface area (Å²) in [7, 11) is 0. The summed E-state index contributed by atoms with van der Waals surface area (Å²) in [5.74, 6) is -0.915. The quantitative estimate of drug-likeness (QED) is 0.625. The summed E-state index contributed by atoms with van der Waals surface area (Å²) in [6.45, 7) is 3.38. The number of hydrogen-bond donors (Lipinski definition) is 3. The van der Waals surface area contributed by atoms with Gasteiger partial charge in [0.2, 0.25) is 0 Å². The van der Waals surface area contributed by atoms with E-state index in [0.717, 1.165) is 12.8 Å². The molecule has 0 aromatic rings. The highest BCUT2D eigenvalue weighted by atomic mass is 16.4. The zero-order valence-electron chi connectivity index (χ0n) is 8.46. The molecule has 0 aromatic carbocycles. The van der Waals surface area contributed by atoms with Crippen LogP contribution >= 0.6 is 0 Å². The average molecular weight is 200 g/mol. The van der Waals surface area contributed by atoms with Gasteiger partial charge in [0.1, 0.15) is 0 Å². The van der Waals surface area contributed by atoms with E-state index in [2.05, 4.69) is 10.6 Å². The number of urea groups is 1. The van der Waals surface area contributed by atoms with Crippen molar-refractivity contribution in [3.63, 3.8) is 0 Å². The van der Waals surface area contributed by atoms with Gasteiger partial charge in [0.05, 0.1) is 6.42 Å². The van der Waals surface area contributed by atoms with Gasteiger partial charge in [0, 0.05) is 11.6 Å². The fraction of sp³-hybridized carbons (Fsp3) is 0.778. The Morgan fingerprint density at radius 3 is 2.43 bits per heavy atom. The minimum atomic E-state index is -0.915. The van der Waals surface area contributed by atoms with Crippen LogP contribution in [0.1, 0.15) is 33.1 Å². The normalized spacial score (nSPS) is 16.1. The largest absolute Gasteiger partial charge is 0.481 e. The third kappa shape index (κ3) is 4.11. The van der Waals surface area contributed by atoms with Crippen LogP contribution in [0.4, 0.5) is 4.79 Å². The molecular weight excluding hydrogens is 184 g/mol. The van der Waals surface area contributed by atoms with Crippen LogP contribution in [-0.4, -0.2) is 28.7 Å². The zero-order valence-corrected chi connectivity index (χ0v) is 8.46. The number of rotatable bonds is 4. The summed E-state index contributed by atoms with van der Waals surface area (Å²) >= 11 is 0. The van der Waals surface area contributed by atoms with Crippen molar-refractivity contribution in [1.29, 1.82) is 0 Å². The van der Waals surface area contributed by atoms with E-state index in [1.165, 1.54) is 0 Å². The molecule has 80 valence electrons. The first-order valence-corrected chi connectivity index (χ1v) is 4.69. The zero-order chi connectivity index (χ0) is 10.8. The van der Waals surface area contributed by atoms with Crippen LogP contribution in [0.2, 0.25) is 0 Å². The molecule has 0 atom stereocenters. The standard InChI is InChI=1S/C9H16N2O3/c1-9(2,5-7(12)13)11-8(14)10-6-3-4-6/h6H,3-5H2,1-2H3,(H,12,13)(H2,10,11,14). The van der Waals surface area contributed by atoms with Gasteiger partial charge in [0.25, 0.3) is 0 Å². The molecule has 1 rings (SSSR count). The maximum Gasteiger partial charge on any atom is 0.315 e. The molecule has 0 bridgehead atoms. The van der Waals surface area contributed by atoms with Crippen LogP contribution in [0.3, 0.4) is 0 Å². The number of carboxylic acids is 1. The van der Waals surface area contributed by atoms with Crippen molar-refractivity contribution in [3.05, 3.63) is 0 Å². The molecule has 0 saturated heterocycles. The lowest BCUT2D eigenvalue weighted by atomic mass is 10.0.